The Morgan fingerprint density at radius 2 is 1.67 bits per heavy atom. The lowest BCUT2D eigenvalue weighted by Gasteiger charge is -2.54. The van der Waals surface area contributed by atoms with Gasteiger partial charge in [-0.05, 0) is 19.9 Å². The summed E-state index contributed by atoms with van der Waals surface area (Å²) in [5, 5.41) is 3.17. The summed E-state index contributed by atoms with van der Waals surface area (Å²) < 4.78 is 0. The molecular weight excluding hydrogens is 268 g/mol. The highest BCUT2D eigenvalue weighted by Crippen LogP contribution is 2.32. The molecule has 0 spiro atoms. The van der Waals surface area contributed by atoms with E-state index in [-0.39, 0.29) is 18.1 Å². The first kappa shape index (κ1) is 16.1. The summed E-state index contributed by atoms with van der Waals surface area (Å²) in [6.07, 6.45) is 1.24. The molecule has 0 aromatic carbocycles. The molecule has 6 heteroatoms. The van der Waals surface area contributed by atoms with Gasteiger partial charge >= 0.3 is 6.03 Å². The summed E-state index contributed by atoms with van der Waals surface area (Å²) in [4.78, 5) is 29.6. The Morgan fingerprint density at radius 1 is 1.10 bits per heavy atom. The van der Waals surface area contributed by atoms with Crippen LogP contribution in [-0.2, 0) is 4.79 Å². The zero-order valence-electron chi connectivity index (χ0n) is 13.6. The first-order chi connectivity index (χ1) is 9.99. The van der Waals surface area contributed by atoms with Crippen LogP contribution in [0.15, 0.2) is 0 Å². The van der Waals surface area contributed by atoms with Crippen molar-refractivity contribution in [3.05, 3.63) is 0 Å². The fourth-order valence-electron chi connectivity index (χ4n) is 3.59. The second-order valence-electron chi connectivity index (χ2n) is 6.03. The van der Waals surface area contributed by atoms with E-state index in [1.165, 1.54) is 0 Å². The summed E-state index contributed by atoms with van der Waals surface area (Å²) in [5.41, 5.74) is 0. The van der Waals surface area contributed by atoms with Gasteiger partial charge in [0.25, 0.3) is 0 Å². The quantitative estimate of drug-likeness (QED) is 0.843. The average Bonchev–Trinajstić information content (AvgIpc) is 2.47. The molecule has 0 aromatic rings. The Balaban J connectivity index is 1.86. The van der Waals surface area contributed by atoms with Crippen LogP contribution in [0.3, 0.4) is 0 Å². The third kappa shape index (κ3) is 3.15. The largest absolute Gasteiger partial charge is 0.339 e. The van der Waals surface area contributed by atoms with Crippen LogP contribution in [0.2, 0.25) is 0 Å². The number of hydrogen-bond donors (Lipinski definition) is 1. The van der Waals surface area contributed by atoms with Crippen LogP contribution in [0.1, 0.15) is 34.1 Å². The summed E-state index contributed by atoms with van der Waals surface area (Å²) in [6, 6.07) is 0.548. The number of rotatable bonds is 3. The molecule has 6 nitrogen and oxygen atoms in total. The van der Waals surface area contributed by atoms with E-state index < -0.39 is 0 Å². The van der Waals surface area contributed by atoms with Crippen molar-refractivity contribution in [3.63, 3.8) is 0 Å². The monoisotopic (exact) mass is 296 g/mol. The molecule has 120 valence electrons. The second kappa shape index (κ2) is 6.64. The normalized spacial score (nSPS) is 30.0. The van der Waals surface area contributed by atoms with Crippen molar-refractivity contribution >= 4 is 11.9 Å². The molecule has 0 radical (unpaired) electrons. The van der Waals surface area contributed by atoms with Crippen LogP contribution in [0, 0.1) is 5.92 Å². The molecule has 2 aliphatic rings. The third-order valence-electron chi connectivity index (χ3n) is 5.03. The van der Waals surface area contributed by atoms with E-state index in [9.17, 15) is 9.59 Å². The lowest BCUT2D eigenvalue weighted by molar-refractivity contribution is -0.130. The molecule has 3 atom stereocenters. The van der Waals surface area contributed by atoms with Gasteiger partial charge in [0.1, 0.15) is 0 Å². The Labute approximate surface area is 127 Å². The Kier molecular flexibility index (Phi) is 5.08. The van der Waals surface area contributed by atoms with Gasteiger partial charge in [0, 0.05) is 45.1 Å². The lowest BCUT2D eigenvalue weighted by atomic mass is 9.83. The third-order valence-corrected chi connectivity index (χ3v) is 5.03. The number of carbonyl (C=O) groups is 2. The number of nitrogens with one attached hydrogen (secondary N) is 1. The van der Waals surface area contributed by atoms with Gasteiger partial charge in [-0.15, -0.1) is 0 Å². The first-order valence-electron chi connectivity index (χ1n) is 8.06. The van der Waals surface area contributed by atoms with E-state index in [1.54, 1.807) is 11.8 Å². The average molecular weight is 296 g/mol. The van der Waals surface area contributed by atoms with Crippen LogP contribution in [0.25, 0.3) is 0 Å². The minimum absolute atomic E-state index is 0.00648. The second-order valence-corrected chi connectivity index (χ2v) is 6.03. The number of amides is 3. The predicted molar refractivity (Wildman–Crippen MR) is 81.8 cm³/mol. The highest BCUT2D eigenvalue weighted by Gasteiger charge is 2.44. The smallest absolute Gasteiger partial charge is 0.318 e. The highest BCUT2D eigenvalue weighted by molar-refractivity contribution is 5.76. The molecule has 0 aliphatic carbocycles. The maximum Gasteiger partial charge on any atom is 0.318 e. The molecule has 0 saturated carbocycles. The molecule has 0 aromatic heterocycles. The maximum absolute atomic E-state index is 12.4. The van der Waals surface area contributed by atoms with Crippen molar-refractivity contribution in [2.24, 2.45) is 5.92 Å². The standard InChI is InChI=1S/C15H28N4O2/c1-5-13-11(3)19(6-2)14(13)16-15(21)18-9-7-17(8-10-18)12(4)20/h11,13-14H,5-10H2,1-4H3,(H,16,21)/t11-,13?,14?/m1/s1. The van der Waals surface area contributed by atoms with Crippen LogP contribution < -0.4 is 5.32 Å². The topological polar surface area (TPSA) is 55.9 Å². The van der Waals surface area contributed by atoms with Crippen molar-refractivity contribution in [2.75, 3.05) is 32.7 Å². The van der Waals surface area contributed by atoms with Gasteiger partial charge in [-0.3, -0.25) is 9.69 Å². The van der Waals surface area contributed by atoms with Gasteiger partial charge in [-0.2, -0.15) is 0 Å². The van der Waals surface area contributed by atoms with E-state index >= 15 is 0 Å². The van der Waals surface area contributed by atoms with Gasteiger partial charge in [0.05, 0.1) is 6.17 Å². The number of likely N-dealkylation sites (tertiary alicyclic amines) is 1. The van der Waals surface area contributed by atoms with Gasteiger partial charge in [-0.25, -0.2) is 4.79 Å². The zero-order valence-corrected chi connectivity index (χ0v) is 13.6. The summed E-state index contributed by atoms with van der Waals surface area (Å²) in [7, 11) is 0. The molecule has 0 bridgehead atoms. The van der Waals surface area contributed by atoms with Gasteiger partial charge in [0.15, 0.2) is 0 Å². The molecular formula is C15H28N4O2. The van der Waals surface area contributed by atoms with Crippen LogP contribution in [-0.4, -0.2) is 71.6 Å². The molecule has 2 unspecified atom stereocenters. The minimum atomic E-state index is 0.00648. The minimum Gasteiger partial charge on any atom is -0.339 e. The molecule has 2 heterocycles. The van der Waals surface area contributed by atoms with Crippen LogP contribution >= 0.6 is 0 Å². The Bertz CT molecular complexity index is 381. The fraction of sp³-hybridized carbons (Fsp3) is 0.867. The molecule has 3 amide bonds. The summed E-state index contributed by atoms with van der Waals surface area (Å²) >= 11 is 0. The molecule has 1 N–H and O–H groups in total. The predicted octanol–water partition coefficient (Wildman–Crippen LogP) is 0.936. The first-order valence-corrected chi connectivity index (χ1v) is 8.06. The van der Waals surface area contributed by atoms with E-state index in [4.69, 9.17) is 0 Å². The van der Waals surface area contributed by atoms with E-state index in [0.717, 1.165) is 13.0 Å². The molecule has 2 rings (SSSR count). The van der Waals surface area contributed by atoms with Crippen molar-refractivity contribution < 1.29 is 9.59 Å². The van der Waals surface area contributed by atoms with Gasteiger partial charge in [-0.1, -0.05) is 13.8 Å². The highest BCUT2D eigenvalue weighted by atomic mass is 16.2. The van der Waals surface area contributed by atoms with Crippen molar-refractivity contribution in [3.8, 4) is 0 Å². The van der Waals surface area contributed by atoms with Crippen molar-refractivity contribution in [2.45, 2.75) is 46.3 Å². The summed E-state index contributed by atoms with van der Waals surface area (Å²) in [5.74, 6) is 0.624. The maximum atomic E-state index is 12.4. The SMILES string of the molecule is CCC1C(NC(=O)N2CCN(C(C)=O)CC2)N(CC)[C@@H]1C. The summed E-state index contributed by atoms with van der Waals surface area (Å²) in [6.45, 7) is 11.6. The van der Waals surface area contributed by atoms with Crippen molar-refractivity contribution in [1.82, 2.24) is 20.0 Å². The van der Waals surface area contributed by atoms with E-state index in [2.05, 4.69) is 31.0 Å². The molecule has 2 fully saturated rings. The number of piperazine rings is 1. The van der Waals surface area contributed by atoms with Gasteiger partial charge in [0.2, 0.25) is 5.91 Å². The lowest BCUT2D eigenvalue weighted by Crippen LogP contribution is -2.70. The fourth-order valence-corrected chi connectivity index (χ4v) is 3.59. The molecule has 2 aliphatic heterocycles. The van der Waals surface area contributed by atoms with Crippen molar-refractivity contribution in [1.29, 1.82) is 0 Å². The molecule has 2 saturated heterocycles. The van der Waals surface area contributed by atoms with Crippen LogP contribution in [0.4, 0.5) is 4.79 Å². The van der Waals surface area contributed by atoms with E-state index in [1.807, 2.05) is 4.90 Å². The Morgan fingerprint density at radius 3 is 2.14 bits per heavy atom. The number of carbonyl (C=O) groups excluding carboxylic acids is 2. The number of urea groups is 1. The van der Waals surface area contributed by atoms with E-state index in [0.29, 0.717) is 38.1 Å². The zero-order chi connectivity index (χ0) is 15.6. The molecule has 21 heavy (non-hydrogen) atoms. The number of nitrogens with zero attached hydrogens (tertiary/aromatic N) is 3. The Hall–Kier alpha value is -1.30. The van der Waals surface area contributed by atoms with Crippen LogP contribution in [0.5, 0.6) is 0 Å². The number of hydrogen-bond acceptors (Lipinski definition) is 3. The van der Waals surface area contributed by atoms with Gasteiger partial charge < -0.3 is 15.1 Å².